The first kappa shape index (κ1) is 11.5. The van der Waals surface area contributed by atoms with Crippen LogP contribution in [0.5, 0.6) is 11.6 Å². The van der Waals surface area contributed by atoms with Crippen molar-refractivity contribution >= 4 is 31.9 Å². The molecule has 0 spiro atoms. The van der Waals surface area contributed by atoms with Gasteiger partial charge in [0.1, 0.15) is 22.5 Å². The second-order valence-electron chi connectivity index (χ2n) is 2.86. The summed E-state index contributed by atoms with van der Waals surface area (Å²) >= 11 is 6.45. The number of ether oxygens (including phenoxy) is 1. The van der Waals surface area contributed by atoms with Gasteiger partial charge in [0.15, 0.2) is 0 Å². The molecule has 0 aliphatic heterocycles. The highest BCUT2D eigenvalue weighted by molar-refractivity contribution is 9.10. The van der Waals surface area contributed by atoms with Gasteiger partial charge in [0, 0.05) is 12.1 Å². The minimum Gasteiger partial charge on any atom is -0.438 e. The summed E-state index contributed by atoms with van der Waals surface area (Å²) in [6.07, 6.45) is 1.35. The zero-order valence-electron chi connectivity index (χ0n) is 7.82. The van der Waals surface area contributed by atoms with Crippen molar-refractivity contribution in [3.63, 3.8) is 0 Å². The molecule has 0 unspecified atom stereocenters. The SMILES string of the molecule is Fc1ccc(Br)c(Oc2cc(Br)ncn2)c1. The lowest BCUT2D eigenvalue weighted by Crippen LogP contribution is -1.90. The molecule has 0 saturated heterocycles. The summed E-state index contributed by atoms with van der Waals surface area (Å²) in [5.41, 5.74) is 0. The minimum atomic E-state index is -0.369. The second-order valence-corrected chi connectivity index (χ2v) is 4.52. The summed E-state index contributed by atoms with van der Waals surface area (Å²) in [6.45, 7) is 0. The number of aromatic nitrogens is 2. The summed E-state index contributed by atoms with van der Waals surface area (Å²) in [4.78, 5) is 7.76. The molecule has 6 heteroatoms. The van der Waals surface area contributed by atoms with Crippen LogP contribution in [0.1, 0.15) is 0 Å². The van der Waals surface area contributed by atoms with E-state index in [1.165, 1.54) is 18.5 Å². The molecule has 0 saturated carbocycles. The maximum absolute atomic E-state index is 13.0. The van der Waals surface area contributed by atoms with E-state index in [9.17, 15) is 4.39 Å². The van der Waals surface area contributed by atoms with Gasteiger partial charge < -0.3 is 4.74 Å². The molecule has 0 fully saturated rings. The maximum atomic E-state index is 13.0. The van der Waals surface area contributed by atoms with Crippen molar-refractivity contribution in [3.05, 3.63) is 45.5 Å². The number of halogens is 3. The van der Waals surface area contributed by atoms with Gasteiger partial charge in [-0.25, -0.2) is 14.4 Å². The Morgan fingerprint density at radius 1 is 1.12 bits per heavy atom. The van der Waals surface area contributed by atoms with Gasteiger partial charge in [-0.1, -0.05) is 0 Å². The number of benzene rings is 1. The average Bonchev–Trinajstić information content (AvgIpc) is 2.24. The second kappa shape index (κ2) is 4.88. The topological polar surface area (TPSA) is 35.0 Å². The van der Waals surface area contributed by atoms with E-state index >= 15 is 0 Å². The number of rotatable bonds is 2. The standard InChI is InChI=1S/C10H5Br2FN2O/c11-7-2-1-6(13)3-8(7)16-10-4-9(12)14-5-15-10/h1-5H. The van der Waals surface area contributed by atoms with E-state index in [1.54, 1.807) is 12.1 Å². The van der Waals surface area contributed by atoms with Crippen LogP contribution in [0.15, 0.2) is 39.7 Å². The summed E-state index contributed by atoms with van der Waals surface area (Å²) < 4.78 is 19.6. The van der Waals surface area contributed by atoms with Gasteiger partial charge in [0.05, 0.1) is 4.47 Å². The van der Waals surface area contributed by atoms with Crippen LogP contribution in [0.2, 0.25) is 0 Å². The Labute approximate surface area is 108 Å². The lowest BCUT2D eigenvalue weighted by atomic mass is 10.3. The van der Waals surface area contributed by atoms with E-state index in [1.807, 2.05) is 0 Å². The van der Waals surface area contributed by atoms with Crippen molar-refractivity contribution in [2.24, 2.45) is 0 Å². The molecule has 2 aromatic rings. The number of hydrogen-bond donors (Lipinski definition) is 0. The Bertz CT molecular complexity index is 522. The van der Waals surface area contributed by atoms with Crippen molar-refractivity contribution in [1.82, 2.24) is 9.97 Å². The van der Waals surface area contributed by atoms with Crippen molar-refractivity contribution in [2.75, 3.05) is 0 Å². The van der Waals surface area contributed by atoms with Crippen LogP contribution in [0.4, 0.5) is 4.39 Å². The maximum Gasteiger partial charge on any atom is 0.223 e. The highest BCUT2D eigenvalue weighted by Crippen LogP contribution is 2.29. The van der Waals surface area contributed by atoms with E-state index in [4.69, 9.17) is 4.74 Å². The first-order chi connectivity index (χ1) is 7.65. The molecule has 1 heterocycles. The average molecular weight is 348 g/mol. The smallest absolute Gasteiger partial charge is 0.223 e. The molecule has 0 atom stereocenters. The van der Waals surface area contributed by atoms with Crippen LogP contribution in [-0.4, -0.2) is 9.97 Å². The molecule has 3 nitrogen and oxygen atoms in total. The van der Waals surface area contributed by atoms with Gasteiger partial charge in [0.25, 0.3) is 0 Å². The molecule has 0 radical (unpaired) electrons. The number of nitrogens with zero attached hydrogens (tertiary/aromatic N) is 2. The van der Waals surface area contributed by atoms with Crippen molar-refractivity contribution < 1.29 is 9.13 Å². The van der Waals surface area contributed by atoms with E-state index in [0.29, 0.717) is 20.7 Å². The predicted molar refractivity (Wildman–Crippen MR) is 63.9 cm³/mol. The third-order valence-electron chi connectivity index (χ3n) is 1.72. The van der Waals surface area contributed by atoms with Crippen molar-refractivity contribution in [3.8, 4) is 11.6 Å². The van der Waals surface area contributed by atoms with Gasteiger partial charge in [-0.15, -0.1) is 0 Å². The van der Waals surface area contributed by atoms with Crippen LogP contribution in [-0.2, 0) is 0 Å². The zero-order valence-corrected chi connectivity index (χ0v) is 11.0. The Balaban J connectivity index is 2.30. The molecule has 1 aromatic heterocycles. The Kier molecular flexibility index (Phi) is 3.50. The van der Waals surface area contributed by atoms with Crippen LogP contribution in [0.25, 0.3) is 0 Å². The fourth-order valence-electron chi connectivity index (χ4n) is 1.04. The highest BCUT2D eigenvalue weighted by atomic mass is 79.9. The molecular weight excluding hydrogens is 343 g/mol. The van der Waals surface area contributed by atoms with E-state index in [2.05, 4.69) is 41.8 Å². The molecule has 0 bridgehead atoms. The quantitative estimate of drug-likeness (QED) is 0.772. The Hall–Kier alpha value is -1.01. The molecule has 0 N–H and O–H groups in total. The van der Waals surface area contributed by atoms with Crippen molar-refractivity contribution in [2.45, 2.75) is 0 Å². The molecule has 0 aliphatic rings. The molecule has 0 aliphatic carbocycles. The molecular formula is C10H5Br2FN2O. The third-order valence-corrected chi connectivity index (χ3v) is 2.81. The first-order valence-corrected chi connectivity index (χ1v) is 5.84. The fourth-order valence-corrected chi connectivity index (χ4v) is 1.66. The monoisotopic (exact) mass is 346 g/mol. The van der Waals surface area contributed by atoms with Gasteiger partial charge >= 0.3 is 0 Å². The van der Waals surface area contributed by atoms with E-state index < -0.39 is 0 Å². The molecule has 2 rings (SSSR count). The van der Waals surface area contributed by atoms with Gasteiger partial charge in [-0.05, 0) is 44.0 Å². The normalized spacial score (nSPS) is 10.2. The third kappa shape index (κ3) is 2.76. The Morgan fingerprint density at radius 2 is 1.94 bits per heavy atom. The Morgan fingerprint density at radius 3 is 2.69 bits per heavy atom. The minimum absolute atomic E-state index is 0.341. The molecule has 82 valence electrons. The molecule has 16 heavy (non-hydrogen) atoms. The molecule has 1 aromatic carbocycles. The van der Waals surface area contributed by atoms with E-state index in [0.717, 1.165) is 0 Å². The van der Waals surface area contributed by atoms with Crippen LogP contribution in [0.3, 0.4) is 0 Å². The fraction of sp³-hybridized carbons (Fsp3) is 0. The van der Waals surface area contributed by atoms with Gasteiger partial charge in [-0.3, -0.25) is 0 Å². The number of hydrogen-bond acceptors (Lipinski definition) is 3. The largest absolute Gasteiger partial charge is 0.438 e. The zero-order chi connectivity index (χ0) is 11.5. The summed E-state index contributed by atoms with van der Waals surface area (Å²) in [6, 6.07) is 5.78. The van der Waals surface area contributed by atoms with E-state index in [-0.39, 0.29) is 5.82 Å². The summed E-state index contributed by atoms with van der Waals surface area (Å²) in [7, 11) is 0. The van der Waals surface area contributed by atoms with Gasteiger partial charge in [0.2, 0.25) is 5.88 Å². The van der Waals surface area contributed by atoms with Crippen LogP contribution < -0.4 is 4.74 Å². The lowest BCUT2D eigenvalue weighted by Gasteiger charge is -2.06. The van der Waals surface area contributed by atoms with Crippen LogP contribution >= 0.6 is 31.9 Å². The first-order valence-electron chi connectivity index (χ1n) is 4.25. The van der Waals surface area contributed by atoms with Crippen LogP contribution in [0, 0.1) is 5.82 Å². The summed E-state index contributed by atoms with van der Waals surface area (Å²) in [5, 5.41) is 0. The predicted octanol–water partition coefficient (Wildman–Crippen LogP) is 3.93. The lowest BCUT2D eigenvalue weighted by molar-refractivity contribution is 0.453. The van der Waals surface area contributed by atoms with Crippen molar-refractivity contribution in [1.29, 1.82) is 0 Å². The molecule has 0 amide bonds. The highest BCUT2D eigenvalue weighted by Gasteiger charge is 2.05. The summed E-state index contributed by atoms with van der Waals surface area (Å²) in [5.74, 6) is 0.338. The van der Waals surface area contributed by atoms with Gasteiger partial charge in [-0.2, -0.15) is 0 Å².